The van der Waals surface area contributed by atoms with Crippen LogP contribution in [0.25, 0.3) is 10.9 Å². The number of benzene rings is 1. The number of anilines is 2. The Hall–Kier alpha value is -3.01. The molecule has 214 valence electrons. The number of hydrogen-bond donors (Lipinski definition) is 1. The first kappa shape index (κ1) is 28.5. The van der Waals surface area contributed by atoms with Crippen LogP contribution in [0.4, 0.5) is 20.7 Å². The normalized spacial score (nSPS) is 21.0. The third kappa shape index (κ3) is 4.88. The summed E-state index contributed by atoms with van der Waals surface area (Å²) in [5.41, 5.74) is -0.528. The number of nitrogens with one attached hydrogen (secondary N) is 1. The van der Waals surface area contributed by atoms with Gasteiger partial charge in [0.25, 0.3) is 5.91 Å². The second kappa shape index (κ2) is 10.4. The van der Waals surface area contributed by atoms with E-state index >= 15 is 4.39 Å². The molecule has 4 heterocycles. The molecule has 0 radical (unpaired) electrons. The van der Waals surface area contributed by atoms with Gasteiger partial charge in [0.2, 0.25) is 0 Å². The van der Waals surface area contributed by atoms with Gasteiger partial charge in [-0.25, -0.2) is 14.2 Å². The van der Waals surface area contributed by atoms with Crippen LogP contribution in [0, 0.1) is 17.1 Å². The highest BCUT2D eigenvalue weighted by Gasteiger charge is 2.55. The van der Waals surface area contributed by atoms with E-state index < -0.39 is 29.0 Å². The van der Waals surface area contributed by atoms with E-state index in [2.05, 4.69) is 32.2 Å². The van der Waals surface area contributed by atoms with E-state index in [9.17, 15) is 9.59 Å². The molecule has 0 bridgehead atoms. The Morgan fingerprint density at radius 1 is 1.40 bits per heavy atom. The van der Waals surface area contributed by atoms with Gasteiger partial charge >= 0.3 is 6.09 Å². The van der Waals surface area contributed by atoms with E-state index in [1.54, 1.807) is 20.8 Å². The van der Waals surface area contributed by atoms with Crippen molar-refractivity contribution in [2.75, 3.05) is 57.1 Å². The van der Waals surface area contributed by atoms with Crippen molar-refractivity contribution in [2.24, 2.45) is 0 Å². The average molecular weight is 618 g/mol. The number of aryl methyl sites for hydroxylation is 1. The third-order valence-corrected chi connectivity index (χ3v) is 8.49. The lowest BCUT2D eigenvalue weighted by Crippen LogP contribution is -2.58. The van der Waals surface area contributed by atoms with Crippen LogP contribution in [0.2, 0.25) is 0 Å². The lowest BCUT2D eigenvalue weighted by atomic mass is 9.88. The number of hydrogen-bond acceptors (Lipinski definition) is 8. The number of rotatable bonds is 5. The van der Waals surface area contributed by atoms with Crippen LogP contribution in [0.1, 0.15) is 44.7 Å². The van der Waals surface area contributed by atoms with Crippen LogP contribution in [-0.4, -0.2) is 85.3 Å². The monoisotopic (exact) mass is 616 g/mol. The Labute approximate surface area is 241 Å². The number of unbranched alkanes of at least 4 members (excludes halogenated alkanes) is 1. The molecule has 12 heteroatoms. The number of carbonyl (C=O) groups is 2. The number of nitriles is 1. The summed E-state index contributed by atoms with van der Waals surface area (Å²) < 4.78 is 28.2. The zero-order valence-electron chi connectivity index (χ0n) is 23.4. The largest absolute Gasteiger partial charge is 0.444 e. The smallest absolute Gasteiger partial charge is 0.410 e. The van der Waals surface area contributed by atoms with Crippen molar-refractivity contribution in [3.63, 3.8) is 0 Å². The van der Waals surface area contributed by atoms with Crippen LogP contribution >= 0.6 is 15.9 Å². The Bertz CT molecular complexity index is 1410. The maximum atomic E-state index is 16.0. The Kier molecular flexibility index (Phi) is 7.44. The molecule has 1 unspecified atom stereocenters. The number of likely N-dealkylation sites (N-methyl/N-ethyl adjacent to an activating group) is 1. The van der Waals surface area contributed by atoms with E-state index in [-0.39, 0.29) is 29.7 Å². The summed E-state index contributed by atoms with van der Waals surface area (Å²) in [4.78, 5) is 37.2. The molecule has 0 aliphatic carbocycles. The van der Waals surface area contributed by atoms with Crippen molar-refractivity contribution < 1.29 is 23.5 Å². The van der Waals surface area contributed by atoms with E-state index in [4.69, 9.17) is 19.7 Å². The minimum atomic E-state index is -1.56. The van der Waals surface area contributed by atoms with Gasteiger partial charge in [-0.2, -0.15) is 5.26 Å². The molecule has 0 saturated carbocycles. The highest BCUT2D eigenvalue weighted by Crippen LogP contribution is 2.50. The molecule has 40 heavy (non-hydrogen) atoms. The van der Waals surface area contributed by atoms with Gasteiger partial charge < -0.3 is 29.5 Å². The van der Waals surface area contributed by atoms with Crippen molar-refractivity contribution >= 4 is 50.3 Å². The maximum Gasteiger partial charge on any atom is 0.410 e. The lowest BCUT2D eigenvalue weighted by Gasteiger charge is -2.44. The first-order valence-corrected chi connectivity index (χ1v) is 14.2. The molecule has 3 aliphatic heterocycles. The van der Waals surface area contributed by atoms with Crippen molar-refractivity contribution in [2.45, 2.75) is 57.3 Å². The minimum Gasteiger partial charge on any atom is -0.444 e. The number of halogens is 2. The molecular formula is C28H34BrFN6O4. The zero-order valence-corrected chi connectivity index (χ0v) is 25.0. The molecule has 1 aromatic heterocycles. The van der Waals surface area contributed by atoms with Gasteiger partial charge in [0.15, 0.2) is 17.2 Å². The van der Waals surface area contributed by atoms with Gasteiger partial charge in [0, 0.05) is 43.0 Å². The molecule has 1 N–H and O–H groups in total. The second-order valence-corrected chi connectivity index (χ2v) is 12.6. The highest BCUT2D eigenvalue weighted by atomic mass is 79.9. The van der Waals surface area contributed by atoms with E-state index in [1.165, 1.54) is 4.90 Å². The molecule has 1 aromatic carbocycles. The molecule has 1 spiro atoms. The number of ether oxygens (including phenoxy) is 2. The molecular weight excluding hydrogens is 583 g/mol. The fraction of sp³-hybridized carbons (Fsp3) is 0.571. The van der Waals surface area contributed by atoms with E-state index in [0.29, 0.717) is 66.4 Å². The molecule has 2 aromatic rings. The highest BCUT2D eigenvalue weighted by molar-refractivity contribution is 9.10. The topological polar surface area (TPSA) is 111 Å². The summed E-state index contributed by atoms with van der Waals surface area (Å²) in [6.07, 6.45) is 0.811. The summed E-state index contributed by atoms with van der Waals surface area (Å²) >= 11 is 3.41. The van der Waals surface area contributed by atoms with Gasteiger partial charge in [-0.3, -0.25) is 4.79 Å². The van der Waals surface area contributed by atoms with E-state index in [1.807, 2.05) is 25.1 Å². The van der Waals surface area contributed by atoms with Gasteiger partial charge in [0.1, 0.15) is 11.1 Å². The second-order valence-electron chi connectivity index (χ2n) is 11.8. The molecule has 2 fully saturated rings. The SMILES string of the molecule is CN(C)C1CN(c2nc3c(F)c(Br)c(CCCC#N)cc3c3c2NC(=O)C32CN(C(=O)OC(C)(C)C)CCO2)C1. The fourth-order valence-corrected chi connectivity index (χ4v) is 5.96. The Morgan fingerprint density at radius 3 is 2.77 bits per heavy atom. The number of morpholine rings is 1. The number of pyridine rings is 1. The van der Waals surface area contributed by atoms with Crippen LogP contribution in [0.3, 0.4) is 0 Å². The maximum absolute atomic E-state index is 16.0. The quantitative estimate of drug-likeness (QED) is 0.499. The van der Waals surface area contributed by atoms with Crippen molar-refractivity contribution in [3.05, 3.63) is 27.5 Å². The summed E-state index contributed by atoms with van der Waals surface area (Å²) in [6, 6.07) is 4.25. The van der Waals surface area contributed by atoms with Crippen LogP contribution < -0.4 is 10.2 Å². The molecule has 5 rings (SSSR count). The minimum absolute atomic E-state index is 0.0823. The number of aromatic nitrogens is 1. The van der Waals surface area contributed by atoms with Gasteiger partial charge in [-0.05, 0) is 75.3 Å². The summed E-state index contributed by atoms with van der Waals surface area (Å²) in [5.74, 6) is -0.482. The predicted molar refractivity (Wildman–Crippen MR) is 152 cm³/mol. The van der Waals surface area contributed by atoms with E-state index in [0.717, 1.165) is 0 Å². The summed E-state index contributed by atoms with van der Waals surface area (Å²) in [7, 11) is 4.01. The summed E-state index contributed by atoms with van der Waals surface area (Å²) in [6.45, 7) is 6.96. The van der Waals surface area contributed by atoms with Gasteiger partial charge in [0.05, 0.1) is 29.4 Å². The van der Waals surface area contributed by atoms with Crippen molar-refractivity contribution in [1.82, 2.24) is 14.8 Å². The van der Waals surface area contributed by atoms with Gasteiger partial charge in [-0.1, -0.05) is 0 Å². The number of carbonyl (C=O) groups excluding carboxylic acids is 2. The van der Waals surface area contributed by atoms with Crippen molar-refractivity contribution in [3.8, 4) is 6.07 Å². The standard InChI is InChI=1S/C28H34BrFN6O4/c1-27(2,3)40-26(38)35-10-11-39-28(15-35)19-18-12-16(8-6-7-9-31)20(29)21(30)22(18)32-24(23(19)33-25(28)37)36-13-17(14-36)34(4)5/h12,17H,6-8,10-11,13-15H2,1-5H3,(H,33,37). The van der Waals surface area contributed by atoms with Gasteiger partial charge in [-0.15, -0.1) is 0 Å². The number of fused-ring (bicyclic) bond motifs is 4. The molecule has 2 saturated heterocycles. The van der Waals surface area contributed by atoms with Crippen LogP contribution in [-0.2, 0) is 26.3 Å². The van der Waals surface area contributed by atoms with Crippen LogP contribution in [0.15, 0.2) is 10.5 Å². The van der Waals surface area contributed by atoms with Crippen LogP contribution in [0.5, 0.6) is 0 Å². The first-order valence-electron chi connectivity index (χ1n) is 13.4. The lowest BCUT2D eigenvalue weighted by molar-refractivity contribution is -0.153. The molecule has 1 atom stereocenters. The Balaban J connectivity index is 1.67. The first-order chi connectivity index (χ1) is 18.9. The average Bonchev–Trinajstić information content (AvgIpc) is 3.12. The molecule has 2 amide bonds. The third-order valence-electron chi connectivity index (χ3n) is 7.63. The summed E-state index contributed by atoms with van der Waals surface area (Å²) in [5, 5.41) is 12.4. The number of amides is 2. The zero-order chi connectivity index (χ0) is 29.0. The molecule has 3 aliphatic rings. The van der Waals surface area contributed by atoms with Crippen molar-refractivity contribution in [1.29, 1.82) is 5.26 Å². The predicted octanol–water partition coefficient (Wildman–Crippen LogP) is 4.15. The fourth-order valence-electron chi connectivity index (χ4n) is 5.46. The number of nitrogens with zero attached hydrogens (tertiary/aromatic N) is 5. The molecule has 10 nitrogen and oxygen atoms in total. The Morgan fingerprint density at radius 2 is 2.12 bits per heavy atom.